The maximum atomic E-state index is 5.63. The molecular weight excluding hydrogens is 487 g/mol. The van der Waals surface area contributed by atoms with Crippen LogP contribution < -0.4 is 20.9 Å². The number of benzene rings is 4. The molecule has 4 aromatic rings. The third-order valence-corrected chi connectivity index (χ3v) is 3.56. The third-order valence-electron chi connectivity index (χ3n) is 3.56. The van der Waals surface area contributed by atoms with E-state index in [1.165, 1.54) is 0 Å². The molecule has 4 rings (SSSR count). The Morgan fingerprint density at radius 2 is 0.897 bits per heavy atom. The van der Waals surface area contributed by atoms with Crippen LogP contribution >= 0.6 is 0 Å². The van der Waals surface area contributed by atoms with Crippen LogP contribution in [0, 0.1) is 47.7 Å². The van der Waals surface area contributed by atoms with Gasteiger partial charge in [0.25, 0.3) is 0 Å². The minimum atomic E-state index is 0. The van der Waals surface area contributed by atoms with E-state index in [2.05, 4.69) is 12.1 Å². The van der Waals surface area contributed by atoms with Crippen LogP contribution in [-0.4, -0.2) is 0 Å². The van der Waals surface area contributed by atoms with Crippen LogP contribution in [0.4, 0.5) is 11.4 Å². The van der Waals surface area contributed by atoms with Gasteiger partial charge in [-0.3, -0.25) is 0 Å². The molecule has 1 radical (unpaired) electrons. The Bertz CT molecular complexity index is 913. The van der Waals surface area contributed by atoms with Gasteiger partial charge in [0.2, 0.25) is 0 Å². The van der Waals surface area contributed by atoms with Gasteiger partial charge < -0.3 is 20.9 Å². The minimum absolute atomic E-state index is 0. The number of anilines is 2. The number of rotatable bonds is 4. The Hall–Kier alpha value is -2.73. The maximum absolute atomic E-state index is 5.63. The second-order valence-corrected chi connectivity index (χ2v) is 5.82. The Labute approximate surface area is 199 Å². The van der Waals surface area contributed by atoms with Crippen LogP contribution in [0.15, 0.2) is 97.1 Å². The second kappa shape index (κ2) is 12.0. The number of nitrogens with two attached hydrogens (primary N) is 2. The summed E-state index contributed by atoms with van der Waals surface area (Å²) in [5.41, 5.74) is 12.7. The quantitative estimate of drug-likeness (QED) is 0.274. The molecule has 4 N–H and O–H groups in total. The molecule has 0 saturated heterocycles. The average Bonchev–Trinajstić information content (AvgIpc) is 2.70. The molecule has 0 aliphatic carbocycles. The first kappa shape index (κ1) is 22.6. The summed E-state index contributed by atoms with van der Waals surface area (Å²) in [6, 6.07) is 35.2. The SMILES string of the molecule is Nc1cccc(Oc2cc[c-]cc2)c1.Nc1cccc(Oc2cc[c-]cc2)c1.[La]. The predicted molar refractivity (Wildman–Crippen MR) is 112 cm³/mol. The van der Waals surface area contributed by atoms with Gasteiger partial charge in [0.15, 0.2) is 0 Å². The topological polar surface area (TPSA) is 70.5 Å². The second-order valence-electron chi connectivity index (χ2n) is 5.82. The molecule has 0 fully saturated rings. The van der Waals surface area contributed by atoms with Crippen molar-refractivity contribution >= 4 is 11.4 Å². The first-order chi connectivity index (χ1) is 13.7. The van der Waals surface area contributed by atoms with Gasteiger partial charge in [-0.05, 0) is 24.3 Å². The van der Waals surface area contributed by atoms with E-state index in [9.17, 15) is 0 Å². The summed E-state index contributed by atoms with van der Waals surface area (Å²) in [6.07, 6.45) is 0. The van der Waals surface area contributed by atoms with Crippen molar-refractivity contribution in [2.45, 2.75) is 0 Å². The molecule has 0 atom stereocenters. The van der Waals surface area contributed by atoms with Crippen molar-refractivity contribution in [3.8, 4) is 23.0 Å². The molecule has 0 spiro atoms. The largest absolute Gasteiger partial charge is 0.483 e. The standard InChI is InChI=1S/2C12H10NO.La/c2*13-10-5-4-8-12(9-10)14-11-6-2-1-3-7-11;/h2*2-9H,13H2;/q2*-1;. The maximum Gasteiger partial charge on any atom is 0.126 e. The predicted octanol–water partition coefficient (Wildman–Crippen LogP) is 5.72. The molecule has 143 valence electrons. The van der Waals surface area contributed by atoms with E-state index in [4.69, 9.17) is 20.9 Å². The van der Waals surface area contributed by atoms with Gasteiger partial charge in [-0.1, -0.05) is 12.1 Å². The van der Waals surface area contributed by atoms with E-state index >= 15 is 0 Å². The van der Waals surface area contributed by atoms with Crippen molar-refractivity contribution in [1.29, 1.82) is 0 Å². The zero-order valence-electron chi connectivity index (χ0n) is 15.8. The molecule has 29 heavy (non-hydrogen) atoms. The molecule has 0 amide bonds. The van der Waals surface area contributed by atoms with E-state index in [1.807, 2.05) is 84.9 Å². The Kier molecular flexibility index (Phi) is 9.31. The van der Waals surface area contributed by atoms with Crippen LogP contribution in [-0.2, 0) is 0 Å². The van der Waals surface area contributed by atoms with Crippen molar-refractivity contribution in [1.82, 2.24) is 0 Å². The van der Waals surface area contributed by atoms with Gasteiger partial charge in [0.05, 0.1) is 0 Å². The van der Waals surface area contributed by atoms with Gasteiger partial charge in [-0.15, -0.1) is 24.3 Å². The summed E-state index contributed by atoms with van der Waals surface area (Å²) in [5, 5.41) is 0. The molecular formula is C24H20LaN2O2-2. The average molecular weight is 507 g/mol. The van der Waals surface area contributed by atoms with Gasteiger partial charge in [0.1, 0.15) is 11.5 Å². The molecule has 4 nitrogen and oxygen atoms in total. The molecule has 4 aromatic carbocycles. The van der Waals surface area contributed by atoms with Crippen LogP contribution in [0.2, 0.25) is 0 Å². The number of hydrogen-bond acceptors (Lipinski definition) is 4. The fraction of sp³-hybridized carbons (Fsp3) is 0. The van der Waals surface area contributed by atoms with Crippen molar-refractivity contribution in [2.75, 3.05) is 11.5 Å². The van der Waals surface area contributed by atoms with E-state index < -0.39 is 0 Å². The van der Waals surface area contributed by atoms with E-state index in [0.29, 0.717) is 11.4 Å². The van der Waals surface area contributed by atoms with Crippen molar-refractivity contribution in [2.24, 2.45) is 0 Å². The monoisotopic (exact) mass is 507 g/mol. The smallest absolute Gasteiger partial charge is 0.126 e. The summed E-state index contributed by atoms with van der Waals surface area (Å²) >= 11 is 0. The molecule has 0 saturated carbocycles. The van der Waals surface area contributed by atoms with Gasteiger partial charge in [-0.2, -0.15) is 36.4 Å². The van der Waals surface area contributed by atoms with Crippen LogP contribution in [0.5, 0.6) is 23.0 Å². The van der Waals surface area contributed by atoms with Crippen LogP contribution in [0.1, 0.15) is 0 Å². The summed E-state index contributed by atoms with van der Waals surface area (Å²) < 4.78 is 11.1. The first-order valence-corrected chi connectivity index (χ1v) is 8.68. The Balaban J connectivity index is 0.000000200. The number of nitrogen functional groups attached to an aromatic ring is 2. The molecule has 0 heterocycles. The molecule has 0 aliphatic heterocycles. The summed E-state index contributed by atoms with van der Waals surface area (Å²) in [5.74, 6) is 3.07. The van der Waals surface area contributed by atoms with Crippen molar-refractivity contribution < 1.29 is 45.1 Å². The molecule has 0 aliphatic rings. The zero-order valence-corrected chi connectivity index (χ0v) is 19.4. The zero-order chi connectivity index (χ0) is 19.6. The molecule has 0 bridgehead atoms. The van der Waals surface area contributed by atoms with E-state index in [1.54, 1.807) is 12.1 Å². The van der Waals surface area contributed by atoms with Gasteiger partial charge in [0, 0.05) is 70.6 Å². The number of hydrogen-bond donors (Lipinski definition) is 2. The molecule has 5 heteroatoms. The van der Waals surface area contributed by atoms with Crippen molar-refractivity contribution in [3.63, 3.8) is 0 Å². The first-order valence-electron chi connectivity index (χ1n) is 8.68. The molecule has 0 unspecified atom stereocenters. The third kappa shape index (κ3) is 8.04. The fourth-order valence-corrected chi connectivity index (χ4v) is 2.31. The minimum Gasteiger partial charge on any atom is -0.483 e. The van der Waals surface area contributed by atoms with Crippen LogP contribution in [0.3, 0.4) is 0 Å². The Morgan fingerprint density at radius 3 is 1.24 bits per heavy atom. The van der Waals surface area contributed by atoms with E-state index in [-0.39, 0.29) is 35.6 Å². The molecule has 0 aromatic heterocycles. The van der Waals surface area contributed by atoms with Crippen LogP contribution in [0.25, 0.3) is 0 Å². The van der Waals surface area contributed by atoms with E-state index in [0.717, 1.165) is 23.0 Å². The van der Waals surface area contributed by atoms with Gasteiger partial charge in [-0.25, -0.2) is 0 Å². The fourth-order valence-electron chi connectivity index (χ4n) is 2.31. The summed E-state index contributed by atoms with van der Waals surface area (Å²) in [7, 11) is 0. The van der Waals surface area contributed by atoms with Gasteiger partial charge >= 0.3 is 0 Å². The number of ether oxygens (including phenoxy) is 2. The Morgan fingerprint density at radius 1 is 0.517 bits per heavy atom. The summed E-state index contributed by atoms with van der Waals surface area (Å²) in [6.45, 7) is 0. The normalized spacial score (nSPS) is 9.38. The van der Waals surface area contributed by atoms with Crippen molar-refractivity contribution in [3.05, 3.63) is 109 Å². The summed E-state index contributed by atoms with van der Waals surface area (Å²) in [4.78, 5) is 0.